The van der Waals surface area contributed by atoms with Crippen molar-refractivity contribution in [2.45, 2.75) is 13.2 Å². The van der Waals surface area contributed by atoms with Gasteiger partial charge in [-0.05, 0) is 30.3 Å². The Labute approximate surface area is 189 Å². The summed E-state index contributed by atoms with van der Waals surface area (Å²) in [5.74, 6) is 1.40. The van der Waals surface area contributed by atoms with Crippen LogP contribution in [-0.2, 0) is 6.54 Å². The lowest BCUT2D eigenvalue weighted by molar-refractivity contribution is -0.0504. The summed E-state index contributed by atoms with van der Waals surface area (Å²) in [6.07, 6.45) is 1.59. The van der Waals surface area contributed by atoms with E-state index in [-0.39, 0.29) is 36.3 Å². The van der Waals surface area contributed by atoms with Gasteiger partial charge in [-0.25, -0.2) is 4.98 Å². The highest BCUT2D eigenvalue weighted by molar-refractivity contribution is 14.0. The predicted octanol–water partition coefficient (Wildman–Crippen LogP) is 3.71. The van der Waals surface area contributed by atoms with Crippen LogP contribution in [0.4, 0.5) is 8.78 Å². The highest BCUT2D eigenvalue weighted by Gasteiger charge is 2.11. The zero-order valence-electron chi connectivity index (χ0n) is 15.8. The van der Waals surface area contributed by atoms with Crippen molar-refractivity contribution < 1.29 is 23.0 Å². The summed E-state index contributed by atoms with van der Waals surface area (Å²) in [4.78, 5) is 8.10. The van der Waals surface area contributed by atoms with E-state index in [9.17, 15) is 8.78 Å². The Morgan fingerprint density at radius 2 is 2.07 bits per heavy atom. The van der Waals surface area contributed by atoms with Crippen molar-refractivity contribution in [1.82, 2.24) is 15.6 Å². The molecule has 0 fully saturated rings. The maximum absolute atomic E-state index is 12.6. The van der Waals surface area contributed by atoms with Crippen molar-refractivity contribution in [3.63, 3.8) is 0 Å². The average molecular weight is 543 g/mol. The van der Waals surface area contributed by atoms with Gasteiger partial charge in [-0.15, -0.1) is 24.0 Å². The number of methoxy groups -OCH3 is 1. The van der Waals surface area contributed by atoms with E-state index in [1.807, 2.05) is 0 Å². The van der Waals surface area contributed by atoms with Crippen LogP contribution in [0.3, 0.4) is 0 Å². The number of aliphatic imine (C=N–C) groups is 1. The molecule has 0 bridgehead atoms. The number of hydrogen-bond acceptors (Lipinski definition) is 5. The minimum absolute atomic E-state index is 0. The molecule has 11 heteroatoms. The van der Waals surface area contributed by atoms with Gasteiger partial charge < -0.3 is 24.8 Å². The molecule has 0 aliphatic rings. The largest absolute Gasteiger partial charge is 0.497 e. The smallest absolute Gasteiger partial charge is 0.387 e. The second-order valence-corrected chi connectivity index (χ2v) is 5.75. The van der Waals surface area contributed by atoms with Crippen LogP contribution in [0.25, 0.3) is 0 Å². The number of aromatic nitrogens is 1. The Morgan fingerprint density at radius 3 is 2.72 bits per heavy atom. The quantitative estimate of drug-likeness (QED) is 0.218. The topological polar surface area (TPSA) is 77.0 Å². The van der Waals surface area contributed by atoms with Crippen molar-refractivity contribution in [1.29, 1.82) is 0 Å². The summed E-state index contributed by atoms with van der Waals surface area (Å²) in [5.41, 5.74) is 0.499. The molecule has 1 heterocycles. The number of benzene rings is 1. The van der Waals surface area contributed by atoms with Gasteiger partial charge in [0.05, 0.1) is 13.7 Å². The van der Waals surface area contributed by atoms with E-state index in [2.05, 4.69) is 25.3 Å². The summed E-state index contributed by atoms with van der Waals surface area (Å²) in [6, 6.07) is 8.00. The van der Waals surface area contributed by atoms with Crippen LogP contribution >= 0.6 is 35.6 Å². The first kappa shape index (κ1) is 25.0. The van der Waals surface area contributed by atoms with E-state index in [0.29, 0.717) is 41.3 Å². The van der Waals surface area contributed by atoms with Gasteiger partial charge in [-0.1, -0.05) is 11.6 Å². The van der Waals surface area contributed by atoms with Gasteiger partial charge in [-0.2, -0.15) is 8.78 Å². The molecule has 0 radical (unpaired) electrons. The van der Waals surface area contributed by atoms with Gasteiger partial charge in [0.25, 0.3) is 0 Å². The molecule has 160 valence electrons. The van der Waals surface area contributed by atoms with Crippen LogP contribution in [-0.4, -0.2) is 44.9 Å². The molecule has 0 aliphatic heterocycles. The molecule has 0 spiro atoms. The fourth-order valence-electron chi connectivity index (χ4n) is 2.23. The number of guanidine groups is 1. The minimum Gasteiger partial charge on any atom is -0.497 e. The molecule has 0 aliphatic carbocycles. The second-order valence-electron chi connectivity index (χ2n) is 5.34. The molecule has 7 nitrogen and oxygen atoms in total. The SMILES string of the molecule is CN=C(NCCOc1ncccc1Cl)NCc1cc(OC)ccc1OC(F)F.I. The van der Waals surface area contributed by atoms with E-state index in [1.165, 1.54) is 13.2 Å². The van der Waals surface area contributed by atoms with Crippen molar-refractivity contribution in [3.05, 3.63) is 47.1 Å². The molecule has 0 atom stereocenters. The minimum atomic E-state index is -2.92. The fourth-order valence-corrected chi connectivity index (χ4v) is 2.40. The molecule has 2 aromatic rings. The third-order valence-corrected chi connectivity index (χ3v) is 3.80. The fraction of sp³-hybridized carbons (Fsp3) is 0.333. The molecular weight excluding hydrogens is 521 g/mol. The van der Waals surface area contributed by atoms with Crippen LogP contribution < -0.4 is 24.8 Å². The highest BCUT2D eigenvalue weighted by Crippen LogP contribution is 2.25. The van der Waals surface area contributed by atoms with Gasteiger partial charge in [0.15, 0.2) is 5.96 Å². The van der Waals surface area contributed by atoms with Crippen molar-refractivity contribution in [2.24, 2.45) is 4.99 Å². The molecule has 0 unspecified atom stereocenters. The van der Waals surface area contributed by atoms with Gasteiger partial charge in [0, 0.05) is 25.4 Å². The Morgan fingerprint density at radius 1 is 1.28 bits per heavy atom. The number of ether oxygens (including phenoxy) is 3. The third kappa shape index (κ3) is 8.44. The van der Waals surface area contributed by atoms with Gasteiger partial charge in [-0.3, -0.25) is 4.99 Å². The number of nitrogens with zero attached hydrogens (tertiary/aromatic N) is 2. The summed E-state index contributed by atoms with van der Waals surface area (Å²) in [6.45, 7) is -1.99. The van der Waals surface area contributed by atoms with Crippen molar-refractivity contribution >= 4 is 41.5 Å². The molecule has 2 N–H and O–H groups in total. The van der Waals surface area contributed by atoms with Crippen LogP contribution in [0.5, 0.6) is 17.4 Å². The van der Waals surface area contributed by atoms with E-state index >= 15 is 0 Å². The number of pyridine rings is 1. The van der Waals surface area contributed by atoms with Crippen LogP contribution in [0.15, 0.2) is 41.5 Å². The zero-order chi connectivity index (χ0) is 20.4. The van der Waals surface area contributed by atoms with Gasteiger partial charge in [0.2, 0.25) is 5.88 Å². The molecular formula is C18H22ClF2IN4O3. The summed E-state index contributed by atoms with van der Waals surface area (Å²) >= 11 is 5.97. The first-order valence-corrected chi connectivity index (χ1v) is 8.71. The van der Waals surface area contributed by atoms with Gasteiger partial charge in [0.1, 0.15) is 23.1 Å². The summed E-state index contributed by atoms with van der Waals surface area (Å²) < 4.78 is 40.3. The molecule has 0 amide bonds. The number of rotatable bonds is 9. The first-order valence-electron chi connectivity index (χ1n) is 8.33. The van der Waals surface area contributed by atoms with Crippen LogP contribution in [0, 0.1) is 0 Å². The lowest BCUT2D eigenvalue weighted by Crippen LogP contribution is -2.39. The Hall–Kier alpha value is -2.08. The molecule has 29 heavy (non-hydrogen) atoms. The normalized spacial score (nSPS) is 10.9. The Balaban J connectivity index is 0.00000420. The molecule has 1 aromatic carbocycles. The summed E-state index contributed by atoms with van der Waals surface area (Å²) in [7, 11) is 3.09. The lowest BCUT2D eigenvalue weighted by Gasteiger charge is -2.15. The maximum atomic E-state index is 12.6. The number of nitrogens with one attached hydrogen (secondary N) is 2. The number of hydrogen-bond donors (Lipinski definition) is 2. The van der Waals surface area contributed by atoms with Crippen molar-refractivity contribution in [2.75, 3.05) is 27.3 Å². The Bertz CT molecular complexity index is 799. The molecule has 1 aromatic heterocycles. The average Bonchev–Trinajstić information content (AvgIpc) is 2.69. The van der Waals surface area contributed by atoms with E-state index in [0.717, 1.165) is 0 Å². The lowest BCUT2D eigenvalue weighted by atomic mass is 10.2. The van der Waals surface area contributed by atoms with Crippen molar-refractivity contribution in [3.8, 4) is 17.4 Å². The standard InChI is InChI=1S/C18H21ClF2N4O3.HI/c1-22-18(24-8-9-27-16-14(19)4-3-7-23-16)25-11-12-10-13(26-2)5-6-15(12)28-17(20)21;/h3-7,10,17H,8-9,11H2,1-2H3,(H2,22,24,25);1H. The van der Waals surface area contributed by atoms with E-state index in [4.69, 9.17) is 21.1 Å². The molecule has 2 rings (SSSR count). The number of halogens is 4. The predicted molar refractivity (Wildman–Crippen MR) is 118 cm³/mol. The monoisotopic (exact) mass is 542 g/mol. The highest BCUT2D eigenvalue weighted by atomic mass is 127. The molecule has 0 saturated carbocycles. The van der Waals surface area contributed by atoms with E-state index < -0.39 is 6.61 Å². The summed E-state index contributed by atoms with van der Waals surface area (Å²) in [5, 5.41) is 6.49. The first-order chi connectivity index (χ1) is 13.5. The maximum Gasteiger partial charge on any atom is 0.387 e. The van der Waals surface area contributed by atoms with Gasteiger partial charge >= 0.3 is 6.61 Å². The second kappa shape index (κ2) is 13.2. The van der Waals surface area contributed by atoms with Crippen LogP contribution in [0.1, 0.15) is 5.56 Å². The van der Waals surface area contributed by atoms with E-state index in [1.54, 1.807) is 37.5 Å². The Kier molecular flexibility index (Phi) is 11.4. The zero-order valence-corrected chi connectivity index (χ0v) is 18.9. The van der Waals surface area contributed by atoms with Crippen LogP contribution in [0.2, 0.25) is 5.02 Å². The number of alkyl halides is 2. The molecule has 0 saturated heterocycles. The third-order valence-electron chi connectivity index (χ3n) is 3.51.